The highest BCUT2D eigenvalue weighted by Crippen LogP contribution is 2.17. The molecule has 96 valence electrons. The van der Waals surface area contributed by atoms with Gasteiger partial charge in [0.1, 0.15) is 0 Å². The maximum absolute atomic E-state index is 4.59. The van der Waals surface area contributed by atoms with Crippen molar-refractivity contribution < 1.29 is 0 Å². The number of nitrogens with one attached hydrogen (secondary N) is 1. The van der Waals surface area contributed by atoms with E-state index in [0.717, 1.165) is 24.5 Å². The molecule has 0 spiro atoms. The van der Waals surface area contributed by atoms with Crippen molar-refractivity contribution in [3.05, 3.63) is 40.8 Å². The van der Waals surface area contributed by atoms with Crippen LogP contribution in [-0.4, -0.2) is 21.8 Å². The topological polar surface area (TPSA) is 42.7 Å². The molecule has 2 aromatic heterocycles. The van der Waals surface area contributed by atoms with Crippen LogP contribution in [0.5, 0.6) is 0 Å². The molecule has 0 aromatic carbocycles. The lowest BCUT2D eigenvalue weighted by Gasteiger charge is -2.06. The van der Waals surface area contributed by atoms with E-state index >= 15 is 0 Å². The van der Waals surface area contributed by atoms with Gasteiger partial charge in [0.15, 0.2) is 5.82 Å². The van der Waals surface area contributed by atoms with Crippen LogP contribution in [0.4, 0.5) is 0 Å². The van der Waals surface area contributed by atoms with Crippen LogP contribution >= 0.6 is 0 Å². The summed E-state index contributed by atoms with van der Waals surface area (Å²) in [6, 6.07) is 4.10. The zero-order valence-corrected chi connectivity index (χ0v) is 11.5. The molecule has 1 N–H and O–H groups in total. The van der Waals surface area contributed by atoms with Gasteiger partial charge in [0.2, 0.25) is 0 Å². The van der Waals surface area contributed by atoms with Crippen molar-refractivity contribution in [2.75, 3.05) is 7.05 Å². The number of aryl methyl sites for hydroxylation is 1. The Morgan fingerprint density at radius 2 is 2.11 bits per heavy atom. The van der Waals surface area contributed by atoms with Crippen molar-refractivity contribution in [1.29, 1.82) is 0 Å². The second-order valence-electron chi connectivity index (χ2n) is 4.47. The van der Waals surface area contributed by atoms with E-state index in [4.69, 9.17) is 0 Å². The van der Waals surface area contributed by atoms with Gasteiger partial charge >= 0.3 is 0 Å². The second-order valence-corrected chi connectivity index (χ2v) is 4.47. The minimum Gasteiger partial charge on any atom is -0.316 e. The van der Waals surface area contributed by atoms with E-state index in [-0.39, 0.29) is 0 Å². The molecule has 0 saturated carbocycles. The van der Waals surface area contributed by atoms with Crippen LogP contribution < -0.4 is 5.32 Å². The van der Waals surface area contributed by atoms with E-state index in [2.05, 4.69) is 42.2 Å². The first-order chi connectivity index (χ1) is 8.67. The molecule has 2 rings (SSSR count). The highest BCUT2D eigenvalue weighted by molar-refractivity contribution is 5.34. The van der Waals surface area contributed by atoms with E-state index in [1.165, 1.54) is 16.8 Å². The quantitative estimate of drug-likeness (QED) is 0.896. The van der Waals surface area contributed by atoms with Crippen LogP contribution in [0.25, 0.3) is 5.82 Å². The van der Waals surface area contributed by atoms with Crippen molar-refractivity contribution in [1.82, 2.24) is 20.1 Å². The van der Waals surface area contributed by atoms with Gasteiger partial charge in [-0.05, 0) is 50.6 Å². The predicted molar refractivity (Wildman–Crippen MR) is 73.0 cm³/mol. The number of nitrogens with zero attached hydrogens (tertiary/aromatic N) is 3. The summed E-state index contributed by atoms with van der Waals surface area (Å²) in [6.45, 7) is 7.16. The van der Waals surface area contributed by atoms with Crippen LogP contribution in [-0.2, 0) is 13.0 Å². The van der Waals surface area contributed by atoms with E-state index in [1.807, 2.05) is 24.0 Å². The molecule has 0 unspecified atom stereocenters. The van der Waals surface area contributed by atoms with Crippen LogP contribution in [0, 0.1) is 13.8 Å². The van der Waals surface area contributed by atoms with Gasteiger partial charge in [0, 0.05) is 18.4 Å². The number of hydrogen-bond donors (Lipinski definition) is 1. The largest absolute Gasteiger partial charge is 0.316 e. The number of hydrogen-bond acceptors (Lipinski definition) is 3. The smallest absolute Gasteiger partial charge is 0.153 e. The Hall–Kier alpha value is -1.68. The summed E-state index contributed by atoms with van der Waals surface area (Å²) in [4.78, 5) is 4.41. The fourth-order valence-electron chi connectivity index (χ4n) is 2.30. The molecule has 0 aliphatic carbocycles. The maximum atomic E-state index is 4.59. The van der Waals surface area contributed by atoms with Gasteiger partial charge in [-0.15, -0.1) is 0 Å². The van der Waals surface area contributed by atoms with Gasteiger partial charge in [-0.2, -0.15) is 5.10 Å². The molecule has 0 radical (unpaired) electrons. The summed E-state index contributed by atoms with van der Waals surface area (Å²) in [5.41, 5.74) is 4.81. The molecule has 4 heteroatoms. The molecule has 0 amide bonds. The van der Waals surface area contributed by atoms with Crippen molar-refractivity contribution in [3.8, 4) is 5.82 Å². The van der Waals surface area contributed by atoms with Gasteiger partial charge in [-0.3, -0.25) is 0 Å². The third-order valence-electron chi connectivity index (χ3n) is 3.20. The second kappa shape index (κ2) is 5.31. The van der Waals surface area contributed by atoms with E-state index in [1.54, 1.807) is 0 Å². The summed E-state index contributed by atoms with van der Waals surface area (Å²) in [7, 11) is 1.94. The van der Waals surface area contributed by atoms with Crippen LogP contribution in [0.3, 0.4) is 0 Å². The summed E-state index contributed by atoms with van der Waals surface area (Å²) >= 11 is 0. The van der Waals surface area contributed by atoms with Crippen LogP contribution in [0.1, 0.15) is 29.4 Å². The Kier molecular flexibility index (Phi) is 3.77. The van der Waals surface area contributed by atoms with Gasteiger partial charge < -0.3 is 5.32 Å². The standard InChI is InChI=1S/C14H20N4/c1-5-13-10(2)17-18(11(13)3)14-8-12(9-15-4)6-7-16-14/h6-8,15H,5,9H2,1-4H3. The number of pyridine rings is 1. The Bertz CT molecular complexity index is 543. The van der Waals surface area contributed by atoms with Gasteiger partial charge in [-0.25, -0.2) is 9.67 Å². The first-order valence-electron chi connectivity index (χ1n) is 6.32. The monoisotopic (exact) mass is 244 g/mol. The fraction of sp³-hybridized carbons (Fsp3) is 0.429. The minimum absolute atomic E-state index is 0.843. The van der Waals surface area contributed by atoms with Crippen LogP contribution in [0.2, 0.25) is 0 Å². The first-order valence-corrected chi connectivity index (χ1v) is 6.32. The SMILES string of the molecule is CCc1c(C)nn(-c2cc(CNC)ccn2)c1C. The minimum atomic E-state index is 0.843. The lowest BCUT2D eigenvalue weighted by Crippen LogP contribution is -2.08. The molecule has 0 saturated heterocycles. The zero-order chi connectivity index (χ0) is 13.1. The normalized spacial score (nSPS) is 10.9. The molecule has 18 heavy (non-hydrogen) atoms. The lowest BCUT2D eigenvalue weighted by atomic mass is 10.1. The summed E-state index contributed by atoms with van der Waals surface area (Å²) < 4.78 is 1.94. The molecule has 0 aliphatic heterocycles. The molecule has 0 atom stereocenters. The zero-order valence-electron chi connectivity index (χ0n) is 11.5. The van der Waals surface area contributed by atoms with Crippen molar-refractivity contribution in [2.24, 2.45) is 0 Å². The van der Waals surface area contributed by atoms with Crippen molar-refractivity contribution in [2.45, 2.75) is 33.7 Å². The fourth-order valence-corrected chi connectivity index (χ4v) is 2.30. The van der Waals surface area contributed by atoms with Crippen LogP contribution in [0.15, 0.2) is 18.3 Å². The average Bonchev–Trinajstić information content (AvgIpc) is 2.65. The Morgan fingerprint density at radius 1 is 1.33 bits per heavy atom. The summed E-state index contributed by atoms with van der Waals surface area (Å²) in [6.07, 6.45) is 2.85. The van der Waals surface area contributed by atoms with Gasteiger partial charge in [0.05, 0.1) is 5.69 Å². The van der Waals surface area contributed by atoms with E-state index < -0.39 is 0 Å². The lowest BCUT2D eigenvalue weighted by molar-refractivity contribution is 0.785. The molecule has 2 aromatic rings. The highest BCUT2D eigenvalue weighted by Gasteiger charge is 2.11. The average molecular weight is 244 g/mol. The predicted octanol–water partition coefficient (Wildman–Crippen LogP) is 2.17. The molecular weight excluding hydrogens is 224 g/mol. The first kappa shape index (κ1) is 12.8. The Balaban J connectivity index is 2.45. The molecule has 0 fully saturated rings. The van der Waals surface area contributed by atoms with Gasteiger partial charge in [-0.1, -0.05) is 6.92 Å². The highest BCUT2D eigenvalue weighted by atomic mass is 15.3. The third kappa shape index (κ3) is 2.29. The van der Waals surface area contributed by atoms with E-state index in [0.29, 0.717) is 0 Å². The van der Waals surface area contributed by atoms with E-state index in [9.17, 15) is 0 Å². The Morgan fingerprint density at radius 3 is 2.72 bits per heavy atom. The summed E-state index contributed by atoms with van der Waals surface area (Å²) in [5.74, 6) is 0.892. The van der Waals surface area contributed by atoms with Gasteiger partial charge in [0.25, 0.3) is 0 Å². The van der Waals surface area contributed by atoms with Crippen molar-refractivity contribution >= 4 is 0 Å². The maximum Gasteiger partial charge on any atom is 0.153 e. The number of aromatic nitrogens is 3. The molecular formula is C14H20N4. The van der Waals surface area contributed by atoms with Crippen molar-refractivity contribution in [3.63, 3.8) is 0 Å². The molecule has 0 aliphatic rings. The number of rotatable bonds is 4. The molecule has 0 bridgehead atoms. The molecule has 4 nitrogen and oxygen atoms in total. The molecule has 2 heterocycles. The summed E-state index contributed by atoms with van der Waals surface area (Å²) in [5, 5.41) is 7.73. The third-order valence-corrected chi connectivity index (χ3v) is 3.20. The Labute approximate surface area is 108 Å².